The van der Waals surface area contributed by atoms with Crippen LogP contribution < -0.4 is 16.6 Å². The van der Waals surface area contributed by atoms with Crippen molar-refractivity contribution in [3.63, 3.8) is 0 Å². The number of nitrogens with zero attached hydrogens (tertiary/aromatic N) is 3. The minimum absolute atomic E-state index is 0.0810. The van der Waals surface area contributed by atoms with Gasteiger partial charge < -0.3 is 5.32 Å². The Balaban J connectivity index is 2.19. The van der Waals surface area contributed by atoms with Crippen LogP contribution in [-0.2, 0) is 12.7 Å². The van der Waals surface area contributed by atoms with Gasteiger partial charge in [-0.3, -0.25) is 14.2 Å². The zero-order chi connectivity index (χ0) is 22.8. The molecule has 7 nitrogen and oxygen atoms in total. The predicted molar refractivity (Wildman–Crippen MR) is 107 cm³/mol. The van der Waals surface area contributed by atoms with Gasteiger partial charge in [-0.1, -0.05) is 29.8 Å². The van der Waals surface area contributed by atoms with Crippen molar-refractivity contribution in [3.8, 4) is 5.69 Å². The molecule has 0 spiro atoms. The molecule has 162 valence electrons. The van der Waals surface area contributed by atoms with Crippen LogP contribution in [0.1, 0.15) is 34.1 Å². The highest BCUT2D eigenvalue weighted by Crippen LogP contribution is 2.29. The average Bonchev–Trinajstić information content (AvgIpc) is 2.72. The Kier molecular flexibility index (Phi) is 6.09. The van der Waals surface area contributed by atoms with Crippen molar-refractivity contribution in [1.82, 2.24) is 19.7 Å². The molecule has 3 aromatic rings. The molecule has 1 heterocycles. The number of hydrogen-bond donors (Lipinski definition) is 1. The van der Waals surface area contributed by atoms with Gasteiger partial charge in [0.15, 0.2) is 0 Å². The fourth-order valence-corrected chi connectivity index (χ4v) is 2.92. The van der Waals surface area contributed by atoms with Crippen LogP contribution in [0.4, 0.5) is 13.2 Å². The third-order valence-corrected chi connectivity index (χ3v) is 4.49. The Morgan fingerprint density at radius 2 is 1.77 bits per heavy atom. The van der Waals surface area contributed by atoms with Crippen LogP contribution in [0.25, 0.3) is 5.69 Å². The molecule has 0 atom stereocenters. The van der Waals surface area contributed by atoms with E-state index >= 15 is 0 Å². The van der Waals surface area contributed by atoms with E-state index in [9.17, 15) is 27.6 Å². The molecule has 2 aromatic carbocycles. The summed E-state index contributed by atoms with van der Waals surface area (Å²) in [4.78, 5) is 38.2. The molecule has 0 unspecified atom stereocenters. The average molecular weight is 432 g/mol. The minimum atomic E-state index is -4.58. The molecule has 0 aliphatic rings. The lowest BCUT2D eigenvalue weighted by Gasteiger charge is -2.13. The predicted octanol–water partition coefficient (Wildman–Crippen LogP) is 2.52. The molecule has 0 aliphatic heterocycles. The van der Waals surface area contributed by atoms with Gasteiger partial charge in [-0.05, 0) is 43.7 Å². The second-order valence-corrected chi connectivity index (χ2v) is 6.83. The van der Waals surface area contributed by atoms with Crippen molar-refractivity contribution in [2.45, 2.75) is 26.6 Å². The SMILES string of the molecule is CCNC(=O)c1nn(-c2ccc(C)cc2)c(=O)n(Cc2cccc(C(F)(F)F)c2)c1=O. The highest BCUT2D eigenvalue weighted by atomic mass is 19.4. The van der Waals surface area contributed by atoms with Gasteiger partial charge in [0, 0.05) is 6.54 Å². The first kappa shape index (κ1) is 22.0. The van der Waals surface area contributed by atoms with Gasteiger partial charge in [0.2, 0.25) is 5.69 Å². The Morgan fingerprint density at radius 1 is 1.10 bits per heavy atom. The summed E-state index contributed by atoms with van der Waals surface area (Å²) in [7, 11) is 0. The van der Waals surface area contributed by atoms with E-state index < -0.39 is 41.1 Å². The highest BCUT2D eigenvalue weighted by Gasteiger charge is 2.30. The summed E-state index contributed by atoms with van der Waals surface area (Å²) in [6.45, 7) is 3.25. The van der Waals surface area contributed by atoms with E-state index in [0.29, 0.717) is 10.3 Å². The zero-order valence-electron chi connectivity index (χ0n) is 16.7. The summed E-state index contributed by atoms with van der Waals surface area (Å²) < 4.78 is 40.7. The summed E-state index contributed by atoms with van der Waals surface area (Å²) >= 11 is 0. The molecular weight excluding hydrogens is 413 g/mol. The molecule has 0 aliphatic carbocycles. The van der Waals surface area contributed by atoms with Crippen molar-refractivity contribution in [3.05, 3.63) is 91.8 Å². The maximum absolute atomic E-state index is 13.0. The van der Waals surface area contributed by atoms with Gasteiger partial charge in [0.1, 0.15) is 0 Å². The maximum atomic E-state index is 13.0. The molecule has 31 heavy (non-hydrogen) atoms. The number of halogens is 3. The number of benzene rings is 2. The van der Waals surface area contributed by atoms with Crippen LogP contribution >= 0.6 is 0 Å². The largest absolute Gasteiger partial charge is 0.416 e. The van der Waals surface area contributed by atoms with E-state index in [4.69, 9.17) is 0 Å². The maximum Gasteiger partial charge on any atom is 0.416 e. The molecule has 0 saturated carbocycles. The van der Waals surface area contributed by atoms with Crippen LogP contribution in [0.3, 0.4) is 0 Å². The summed E-state index contributed by atoms with van der Waals surface area (Å²) in [5.74, 6) is -0.786. The highest BCUT2D eigenvalue weighted by molar-refractivity contribution is 5.91. The topological polar surface area (TPSA) is 86.0 Å². The van der Waals surface area contributed by atoms with E-state index in [1.54, 1.807) is 31.2 Å². The fraction of sp³-hybridized carbons (Fsp3) is 0.238. The summed E-state index contributed by atoms with van der Waals surface area (Å²) in [5, 5.41) is 6.38. The quantitative estimate of drug-likeness (QED) is 0.672. The van der Waals surface area contributed by atoms with Gasteiger partial charge >= 0.3 is 11.9 Å². The number of alkyl halides is 3. The van der Waals surface area contributed by atoms with E-state index in [1.165, 1.54) is 12.1 Å². The summed E-state index contributed by atoms with van der Waals surface area (Å²) in [5.41, 5.74) is -2.01. The number of nitrogens with one attached hydrogen (secondary N) is 1. The standard InChI is InChI=1S/C21H19F3N4O3/c1-3-25-18(29)17-19(30)27(12-14-5-4-6-15(11-14)21(22,23)24)20(31)28(26-17)16-9-7-13(2)8-10-16/h4-11H,3,12H2,1-2H3,(H,25,29). The fourth-order valence-electron chi connectivity index (χ4n) is 2.92. The lowest BCUT2D eigenvalue weighted by Crippen LogP contribution is -2.46. The second-order valence-electron chi connectivity index (χ2n) is 6.83. The lowest BCUT2D eigenvalue weighted by atomic mass is 10.1. The Morgan fingerprint density at radius 3 is 2.39 bits per heavy atom. The molecule has 1 aromatic heterocycles. The molecule has 10 heteroatoms. The molecule has 0 saturated heterocycles. The van der Waals surface area contributed by atoms with E-state index in [-0.39, 0.29) is 12.1 Å². The lowest BCUT2D eigenvalue weighted by molar-refractivity contribution is -0.137. The normalized spacial score (nSPS) is 11.4. The van der Waals surface area contributed by atoms with Gasteiger partial charge in [0.05, 0.1) is 17.8 Å². The van der Waals surface area contributed by atoms with E-state index in [1.807, 2.05) is 6.92 Å². The Bertz CT molecular complexity index is 1230. The summed E-state index contributed by atoms with van der Waals surface area (Å²) in [6, 6.07) is 10.9. The molecule has 3 rings (SSSR count). The molecular formula is C21H19F3N4O3. The van der Waals surface area contributed by atoms with Crippen LogP contribution in [-0.4, -0.2) is 26.8 Å². The van der Waals surface area contributed by atoms with Crippen molar-refractivity contribution in [1.29, 1.82) is 0 Å². The monoisotopic (exact) mass is 432 g/mol. The van der Waals surface area contributed by atoms with E-state index in [0.717, 1.165) is 22.4 Å². The smallest absolute Gasteiger partial charge is 0.351 e. The number of carbonyl (C=O) groups excluding carboxylic acids is 1. The van der Waals surface area contributed by atoms with E-state index in [2.05, 4.69) is 10.4 Å². The van der Waals surface area contributed by atoms with Crippen LogP contribution in [0.15, 0.2) is 58.1 Å². The zero-order valence-corrected chi connectivity index (χ0v) is 16.7. The number of hydrogen-bond acceptors (Lipinski definition) is 4. The number of amides is 1. The molecule has 0 radical (unpaired) electrons. The molecule has 1 N–H and O–H groups in total. The first-order chi connectivity index (χ1) is 14.6. The van der Waals surface area contributed by atoms with Crippen LogP contribution in [0.2, 0.25) is 0 Å². The Labute approximate surface area is 174 Å². The number of carbonyl (C=O) groups is 1. The van der Waals surface area contributed by atoms with Crippen LogP contribution in [0, 0.1) is 6.92 Å². The first-order valence-corrected chi connectivity index (χ1v) is 9.37. The third-order valence-electron chi connectivity index (χ3n) is 4.49. The molecule has 0 fully saturated rings. The van der Waals surface area contributed by atoms with Crippen molar-refractivity contribution < 1.29 is 18.0 Å². The number of aryl methyl sites for hydroxylation is 1. The van der Waals surface area contributed by atoms with Crippen LogP contribution in [0.5, 0.6) is 0 Å². The van der Waals surface area contributed by atoms with Gasteiger partial charge in [0.25, 0.3) is 11.5 Å². The van der Waals surface area contributed by atoms with Crippen molar-refractivity contribution in [2.24, 2.45) is 0 Å². The van der Waals surface area contributed by atoms with Gasteiger partial charge in [-0.25, -0.2) is 4.79 Å². The number of rotatable bonds is 5. The van der Waals surface area contributed by atoms with Gasteiger partial charge in [-0.15, -0.1) is 0 Å². The Hall–Kier alpha value is -3.69. The number of aromatic nitrogens is 3. The third kappa shape index (κ3) is 4.73. The first-order valence-electron chi connectivity index (χ1n) is 9.37. The molecule has 0 bridgehead atoms. The summed E-state index contributed by atoms with van der Waals surface area (Å²) in [6.07, 6.45) is -4.58. The minimum Gasteiger partial charge on any atom is -0.351 e. The van der Waals surface area contributed by atoms with Crippen molar-refractivity contribution in [2.75, 3.05) is 6.54 Å². The molecule has 1 amide bonds. The van der Waals surface area contributed by atoms with Gasteiger partial charge in [-0.2, -0.15) is 23.0 Å². The van der Waals surface area contributed by atoms with Crippen molar-refractivity contribution >= 4 is 5.91 Å². The second kappa shape index (κ2) is 8.58.